The SMILES string of the molecule is O=C(NC1CS(=O)(=O)CC1O)c1cccc(-c2ccc(NCC3(c4ncccc4F)CC(F)C3)nc2)c1. The van der Waals surface area contributed by atoms with E-state index in [1.165, 1.54) is 18.3 Å². The van der Waals surface area contributed by atoms with Gasteiger partial charge in [0.2, 0.25) is 0 Å². The lowest BCUT2D eigenvalue weighted by atomic mass is 9.65. The molecule has 1 aliphatic carbocycles. The van der Waals surface area contributed by atoms with Crippen molar-refractivity contribution in [1.82, 2.24) is 15.3 Å². The Balaban J connectivity index is 1.26. The molecule has 3 heterocycles. The maximum atomic E-state index is 14.4. The van der Waals surface area contributed by atoms with E-state index in [1.54, 1.807) is 30.5 Å². The van der Waals surface area contributed by atoms with Gasteiger partial charge in [-0.15, -0.1) is 0 Å². The number of hydrogen-bond acceptors (Lipinski definition) is 7. The fourth-order valence-corrected chi connectivity index (χ4v) is 6.71. The topological polar surface area (TPSA) is 121 Å². The Morgan fingerprint density at radius 2 is 1.89 bits per heavy atom. The lowest BCUT2D eigenvalue weighted by Gasteiger charge is -2.44. The van der Waals surface area contributed by atoms with Gasteiger partial charge in [0, 0.05) is 35.5 Å². The largest absolute Gasteiger partial charge is 0.390 e. The monoisotopic (exact) mass is 528 g/mol. The summed E-state index contributed by atoms with van der Waals surface area (Å²) in [5, 5.41) is 15.7. The average Bonchev–Trinajstić information content (AvgIpc) is 3.12. The number of sulfone groups is 1. The maximum Gasteiger partial charge on any atom is 0.251 e. The molecular formula is C26H26F2N4O4S. The molecule has 8 nitrogen and oxygen atoms in total. The molecule has 3 N–H and O–H groups in total. The number of halogens is 2. The van der Waals surface area contributed by atoms with Crippen molar-refractivity contribution >= 4 is 21.6 Å². The lowest BCUT2D eigenvalue weighted by molar-refractivity contribution is 0.0888. The molecule has 1 aromatic carbocycles. The molecule has 2 unspecified atom stereocenters. The minimum Gasteiger partial charge on any atom is -0.390 e. The highest BCUT2D eigenvalue weighted by Gasteiger charge is 2.48. The van der Waals surface area contributed by atoms with Crippen LogP contribution in [0.3, 0.4) is 0 Å². The van der Waals surface area contributed by atoms with E-state index in [2.05, 4.69) is 20.6 Å². The number of amides is 1. The standard InChI is InChI=1S/C26H26F2N4O4S/c27-19-10-26(11-19,24-20(28)5-2-8-29-24)15-31-23-7-6-18(12-30-23)16-3-1-4-17(9-16)25(34)32-21-13-37(35,36)14-22(21)33/h1-9,12,19,21-22,33H,10-11,13-15H2,(H,30,31)(H,32,34). The molecule has 2 fully saturated rings. The quantitative estimate of drug-likeness (QED) is 0.431. The number of benzene rings is 1. The highest BCUT2D eigenvalue weighted by atomic mass is 32.2. The minimum atomic E-state index is -3.38. The second-order valence-corrected chi connectivity index (χ2v) is 11.9. The lowest BCUT2D eigenvalue weighted by Crippen LogP contribution is -2.49. The first-order valence-electron chi connectivity index (χ1n) is 11.9. The van der Waals surface area contributed by atoms with Gasteiger partial charge in [-0.25, -0.2) is 22.2 Å². The summed E-state index contributed by atoms with van der Waals surface area (Å²) in [5.74, 6) is -1.05. The van der Waals surface area contributed by atoms with Crippen molar-refractivity contribution in [2.45, 2.75) is 36.6 Å². The molecule has 11 heteroatoms. The van der Waals surface area contributed by atoms with Gasteiger partial charge < -0.3 is 15.7 Å². The number of aliphatic hydroxyl groups is 1. The molecule has 2 atom stereocenters. The van der Waals surface area contributed by atoms with Gasteiger partial charge in [0.25, 0.3) is 5.91 Å². The third-order valence-corrected chi connectivity index (χ3v) is 8.67. The Bertz CT molecular complexity index is 1410. The summed E-state index contributed by atoms with van der Waals surface area (Å²) < 4.78 is 51.5. The van der Waals surface area contributed by atoms with E-state index in [-0.39, 0.29) is 36.6 Å². The van der Waals surface area contributed by atoms with Crippen LogP contribution in [0.4, 0.5) is 14.6 Å². The van der Waals surface area contributed by atoms with Crippen LogP contribution in [0.2, 0.25) is 0 Å². The Hall–Kier alpha value is -3.44. The Morgan fingerprint density at radius 1 is 1.08 bits per heavy atom. The number of aromatic nitrogens is 2. The maximum absolute atomic E-state index is 14.4. The molecule has 194 valence electrons. The fourth-order valence-electron chi connectivity index (χ4n) is 4.97. The van der Waals surface area contributed by atoms with Gasteiger partial charge in [0.05, 0.1) is 29.3 Å². The predicted molar refractivity (Wildman–Crippen MR) is 134 cm³/mol. The summed E-state index contributed by atoms with van der Waals surface area (Å²) in [7, 11) is -3.38. The zero-order valence-electron chi connectivity index (χ0n) is 19.8. The molecule has 0 radical (unpaired) electrons. The van der Waals surface area contributed by atoms with E-state index in [4.69, 9.17) is 0 Å². The molecule has 0 bridgehead atoms. The van der Waals surface area contributed by atoms with Gasteiger partial charge in [0.15, 0.2) is 9.84 Å². The average molecular weight is 529 g/mol. The van der Waals surface area contributed by atoms with Crippen molar-refractivity contribution in [2.75, 3.05) is 23.4 Å². The summed E-state index contributed by atoms with van der Waals surface area (Å²) in [6.07, 6.45) is 1.37. The third kappa shape index (κ3) is 5.33. The molecule has 1 amide bonds. The van der Waals surface area contributed by atoms with Gasteiger partial charge in [-0.3, -0.25) is 9.78 Å². The molecule has 1 saturated heterocycles. The number of carbonyl (C=O) groups is 1. The number of hydrogen-bond donors (Lipinski definition) is 3. The minimum absolute atomic E-state index is 0.185. The van der Waals surface area contributed by atoms with Gasteiger partial charge in [-0.2, -0.15) is 0 Å². The van der Waals surface area contributed by atoms with Crippen LogP contribution in [-0.4, -0.2) is 65.8 Å². The van der Waals surface area contributed by atoms with Crippen LogP contribution in [-0.2, 0) is 15.3 Å². The van der Waals surface area contributed by atoms with Crippen LogP contribution < -0.4 is 10.6 Å². The highest BCUT2D eigenvalue weighted by Crippen LogP contribution is 2.45. The second-order valence-electron chi connectivity index (χ2n) is 9.71. The van der Waals surface area contributed by atoms with Crippen molar-refractivity contribution in [1.29, 1.82) is 0 Å². The molecule has 0 spiro atoms. The highest BCUT2D eigenvalue weighted by molar-refractivity contribution is 7.91. The van der Waals surface area contributed by atoms with Crippen molar-refractivity contribution in [3.05, 3.63) is 78.0 Å². The zero-order valence-corrected chi connectivity index (χ0v) is 20.6. The fraction of sp³-hybridized carbons (Fsp3) is 0.346. The molecular weight excluding hydrogens is 502 g/mol. The second kappa shape index (κ2) is 9.79. The first-order chi connectivity index (χ1) is 17.6. The Morgan fingerprint density at radius 3 is 2.54 bits per heavy atom. The van der Waals surface area contributed by atoms with Gasteiger partial charge >= 0.3 is 0 Å². The number of nitrogens with one attached hydrogen (secondary N) is 2. The normalized spacial score (nSPS) is 26.3. The predicted octanol–water partition coefficient (Wildman–Crippen LogP) is 2.65. The summed E-state index contributed by atoms with van der Waals surface area (Å²) in [6.45, 7) is 0.284. The summed E-state index contributed by atoms with van der Waals surface area (Å²) in [6, 6.07) is 12.3. The van der Waals surface area contributed by atoms with Gasteiger partial charge in [-0.1, -0.05) is 12.1 Å². The smallest absolute Gasteiger partial charge is 0.251 e. The number of pyridine rings is 2. The molecule has 37 heavy (non-hydrogen) atoms. The van der Waals surface area contributed by atoms with E-state index in [0.29, 0.717) is 11.4 Å². The van der Waals surface area contributed by atoms with Crippen LogP contribution >= 0.6 is 0 Å². The summed E-state index contributed by atoms with van der Waals surface area (Å²) >= 11 is 0. The molecule has 2 aromatic heterocycles. The third-order valence-electron chi connectivity index (χ3n) is 6.95. The summed E-state index contributed by atoms with van der Waals surface area (Å²) in [4.78, 5) is 21.2. The van der Waals surface area contributed by atoms with Crippen LogP contribution in [0.5, 0.6) is 0 Å². The zero-order chi connectivity index (χ0) is 26.2. The molecule has 2 aliphatic rings. The van der Waals surface area contributed by atoms with Crippen molar-refractivity contribution in [2.24, 2.45) is 0 Å². The first kappa shape index (κ1) is 25.2. The summed E-state index contributed by atoms with van der Waals surface area (Å²) in [5.41, 5.74) is 1.30. The number of alkyl halides is 1. The van der Waals surface area contributed by atoms with E-state index in [9.17, 15) is 27.1 Å². The Labute approximate surface area is 213 Å². The van der Waals surface area contributed by atoms with Crippen molar-refractivity contribution < 1.29 is 27.1 Å². The molecule has 3 aromatic rings. The number of anilines is 1. The Kier molecular flexibility index (Phi) is 6.67. The first-order valence-corrected chi connectivity index (χ1v) is 13.7. The van der Waals surface area contributed by atoms with Gasteiger partial charge in [-0.05, 0) is 54.8 Å². The van der Waals surface area contributed by atoms with Crippen LogP contribution in [0.25, 0.3) is 11.1 Å². The number of nitrogens with zero attached hydrogens (tertiary/aromatic N) is 2. The van der Waals surface area contributed by atoms with Crippen LogP contribution in [0.1, 0.15) is 28.9 Å². The van der Waals surface area contributed by atoms with Crippen molar-refractivity contribution in [3.63, 3.8) is 0 Å². The van der Waals surface area contributed by atoms with E-state index < -0.39 is 45.3 Å². The van der Waals surface area contributed by atoms with Crippen LogP contribution in [0.15, 0.2) is 60.9 Å². The molecule has 1 saturated carbocycles. The number of carbonyl (C=O) groups excluding carboxylic acids is 1. The number of aliphatic hydroxyl groups excluding tert-OH is 1. The van der Waals surface area contributed by atoms with E-state index >= 15 is 0 Å². The van der Waals surface area contributed by atoms with E-state index in [1.807, 2.05) is 12.1 Å². The van der Waals surface area contributed by atoms with Crippen molar-refractivity contribution in [3.8, 4) is 11.1 Å². The van der Waals surface area contributed by atoms with Crippen LogP contribution in [0, 0.1) is 5.82 Å². The number of rotatable bonds is 7. The van der Waals surface area contributed by atoms with Gasteiger partial charge in [0.1, 0.15) is 17.8 Å². The molecule has 5 rings (SSSR count). The van der Waals surface area contributed by atoms with E-state index in [0.717, 1.165) is 11.1 Å². The molecule has 1 aliphatic heterocycles.